The average Bonchev–Trinajstić information content (AvgIpc) is 2.18. The van der Waals surface area contributed by atoms with Crippen molar-refractivity contribution in [3.63, 3.8) is 0 Å². The van der Waals surface area contributed by atoms with Gasteiger partial charge in [0.1, 0.15) is 11.4 Å². The van der Waals surface area contributed by atoms with Gasteiger partial charge in [0.2, 0.25) is 0 Å². The molecule has 18 heavy (non-hydrogen) atoms. The third-order valence-corrected chi connectivity index (χ3v) is 2.15. The van der Waals surface area contributed by atoms with Gasteiger partial charge in [-0.25, -0.2) is 4.39 Å². The van der Waals surface area contributed by atoms with Gasteiger partial charge >= 0.3 is 5.97 Å². The predicted molar refractivity (Wildman–Crippen MR) is 69.9 cm³/mol. The number of anilines is 1. The molecule has 1 rings (SSSR count). The quantitative estimate of drug-likeness (QED) is 0.836. The van der Waals surface area contributed by atoms with Crippen LogP contribution in [0.15, 0.2) is 24.3 Å². The third kappa shape index (κ3) is 5.66. The van der Waals surface area contributed by atoms with Crippen LogP contribution in [-0.4, -0.2) is 17.6 Å². The molecule has 0 aliphatic rings. The van der Waals surface area contributed by atoms with Crippen LogP contribution in [0.2, 0.25) is 0 Å². The lowest BCUT2D eigenvalue weighted by Crippen LogP contribution is -2.28. The molecule has 1 aromatic carbocycles. The first-order valence-electron chi connectivity index (χ1n) is 6.00. The van der Waals surface area contributed by atoms with Crippen LogP contribution in [0.25, 0.3) is 0 Å². The summed E-state index contributed by atoms with van der Waals surface area (Å²) < 4.78 is 17.9. The Morgan fingerprint density at radius 1 is 1.33 bits per heavy atom. The molecule has 0 saturated carbocycles. The van der Waals surface area contributed by atoms with Gasteiger partial charge in [-0.3, -0.25) is 4.79 Å². The molecular formula is C14H20FNO2. The molecule has 0 aliphatic carbocycles. The number of ether oxygens (including phenoxy) is 1. The molecule has 0 spiro atoms. The first-order valence-corrected chi connectivity index (χ1v) is 6.00. The van der Waals surface area contributed by atoms with Crippen LogP contribution < -0.4 is 5.32 Å². The van der Waals surface area contributed by atoms with Crippen molar-refractivity contribution in [2.75, 3.05) is 5.32 Å². The van der Waals surface area contributed by atoms with Crippen LogP contribution >= 0.6 is 0 Å². The molecule has 0 saturated heterocycles. The number of carbonyl (C=O) groups is 1. The van der Waals surface area contributed by atoms with Gasteiger partial charge in [-0.2, -0.15) is 0 Å². The second-order valence-electron chi connectivity index (χ2n) is 5.34. The fraction of sp³-hybridized carbons (Fsp3) is 0.500. The minimum Gasteiger partial charge on any atom is -0.460 e. The van der Waals surface area contributed by atoms with Crippen molar-refractivity contribution >= 4 is 11.7 Å². The van der Waals surface area contributed by atoms with E-state index in [0.717, 1.165) is 5.69 Å². The molecule has 100 valence electrons. The number of hydrogen-bond donors (Lipinski definition) is 1. The standard InChI is InChI=1S/C14H20FNO2/c1-10(9-13(17)18-14(2,3)4)16-12-7-5-11(15)6-8-12/h5-8,10,16H,9H2,1-4H3. The molecule has 3 nitrogen and oxygen atoms in total. The number of nitrogens with one attached hydrogen (secondary N) is 1. The summed E-state index contributed by atoms with van der Waals surface area (Å²) in [4.78, 5) is 11.6. The fourth-order valence-electron chi connectivity index (χ4n) is 1.51. The van der Waals surface area contributed by atoms with E-state index in [1.54, 1.807) is 12.1 Å². The van der Waals surface area contributed by atoms with Crippen molar-refractivity contribution < 1.29 is 13.9 Å². The summed E-state index contributed by atoms with van der Waals surface area (Å²) >= 11 is 0. The van der Waals surface area contributed by atoms with Gasteiger partial charge in [0.25, 0.3) is 0 Å². The smallest absolute Gasteiger partial charge is 0.308 e. The molecule has 4 heteroatoms. The highest BCUT2D eigenvalue weighted by Gasteiger charge is 2.18. The highest BCUT2D eigenvalue weighted by molar-refractivity contribution is 5.71. The summed E-state index contributed by atoms with van der Waals surface area (Å²) in [7, 11) is 0. The summed E-state index contributed by atoms with van der Waals surface area (Å²) in [5.41, 5.74) is 0.319. The molecule has 0 aromatic heterocycles. The first kappa shape index (κ1) is 14.5. The molecular weight excluding hydrogens is 233 g/mol. The second kappa shape index (κ2) is 5.85. The molecule has 0 fully saturated rings. The van der Waals surface area contributed by atoms with Crippen LogP contribution in [0.4, 0.5) is 10.1 Å². The van der Waals surface area contributed by atoms with Crippen LogP contribution in [-0.2, 0) is 9.53 Å². The van der Waals surface area contributed by atoms with Gasteiger partial charge in [0.15, 0.2) is 0 Å². The average molecular weight is 253 g/mol. The molecule has 1 N–H and O–H groups in total. The van der Waals surface area contributed by atoms with Gasteiger partial charge < -0.3 is 10.1 Å². The summed E-state index contributed by atoms with van der Waals surface area (Å²) in [6, 6.07) is 5.97. The van der Waals surface area contributed by atoms with Crippen molar-refractivity contribution in [1.82, 2.24) is 0 Å². The van der Waals surface area contributed by atoms with Crippen molar-refractivity contribution in [2.24, 2.45) is 0 Å². The van der Waals surface area contributed by atoms with Crippen LogP contribution in [0, 0.1) is 5.82 Å². The van der Waals surface area contributed by atoms with E-state index < -0.39 is 5.60 Å². The van der Waals surface area contributed by atoms with E-state index in [1.165, 1.54) is 12.1 Å². The minimum atomic E-state index is -0.466. The number of carbonyl (C=O) groups excluding carboxylic acids is 1. The number of esters is 1. The van der Waals surface area contributed by atoms with Gasteiger partial charge in [-0.1, -0.05) is 0 Å². The maximum atomic E-state index is 12.7. The van der Waals surface area contributed by atoms with Crippen LogP contribution in [0.1, 0.15) is 34.1 Å². The molecule has 0 aliphatic heterocycles. The molecule has 1 aromatic rings. The zero-order valence-electron chi connectivity index (χ0n) is 11.3. The number of hydrogen-bond acceptors (Lipinski definition) is 3. The topological polar surface area (TPSA) is 38.3 Å². The fourth-order valence-corrected chi connectivity index (χ4v) is 1.51. The highest BCUT2D eigenvalue weighted by atomic mass is 19.1. The Hall–Kier alpha value is -1.58. The SMILES string of the molecule is CC(CC(=O)OC(C)(C)C)Nc1ccc(F)cc1. The molecule has 0 amide bonds. The number of rotatable bonds is 4. The molecule has 0 heterocycles. The Morgan fingerprint density at radius 3 is 2.39 bits per heavy atom. The van der Waals surface area contributed by atoms with Crippen molar-refractivity contribution in [3.8, 4) is 0 Å². The van der Waals surface area contributed by atoms with Gasteiger partial charge in [0, 0.05) is 11.7 Å². The molecule has 0 bridgehead atoms. The molecule has 1 atom stereocenters. The van der Waals surface area contributed by atoms with E-state index in [0.29, 0.717) is 0 Å². The van der Waals surface area contributed by atoms with E-state index in [-0.39, 0.29) is 24.2 Å². The van der Waals surface area contributed by atoms with Crippen molar-refractivity contribution in [2.45, 2.75) is 45.8 Å². The molecule has 0 radical (unpaired) electrons. The first-order chi connectivity index (χ1) is 8.26. The minimum absolute atomic E-state index is 0.0645. The van der Waals surface area contributed by atoms with Crippen molar-refractivity contribution in [3.05, 3.63) is 30.1 Å². The van der Waals surface area contributed by atoms with E-state index in [9.17, 15) is 9.18 Å². The highest BCUT2D eigenvalue weighted by Crippen LogP contribution is 2.13. The van der Waals surface area contributed by atoms with E-state index >= 15 is 0 Å². The Balaban J connectivity index is 2.44. The van der Waals surface area contributed by atoms with Crippen molar-refractivity contribution in [1.29, 1.82) is 0 Å². The van der Waals surface area contributed by atoms with Gasteiger partial charge in [-0.15, -0.1) is 0 Å². The number of halogens is 1. The lowest BCUT2D eigenvalue weighted by atomic mass is 10.1. The number of benzene rings is 1. The lowest BCUT2D eigenvalue weighted by Gasteiger charge is -2.21. The second-order valence-corrected chi connectivity index (χ2v) is 5.34. The zero-order valence-corrected chi connectivity index (χ0v) is 11.3. The summed E-state index contributed by atoms with van der Waals surface area (Å²) in [6.07, 6.45) is 0.272. The Kier molecular flexibility index (Phi) is 4.70. The Labute approximate surface area is 107 Å². The molecule has 1 unspecified atom stereocenters. The lowest BCUT2D eigenvalue weighted by molar-refractivity contribution is -0.154. The Bertz CT molecular complexity index is 395. The van der Waals surface area contributed by atoms with Gasteiger partial charge in [-0.05, 0) is 52.0 Å². The zero-order chi connectivity index (χ0) is 13.8. The summed E-state index contributed by atoms with van der Waals surface area (Å²) in [5, 5.41) is 3.12. The monoisotopic (exact) mass is 253 g/mol. The van der Waals surface area contributed by atoms with Crippen LogP contribution in [0.5, 0.6) is 0 Å². The predicted octanol–water partition coefficient (Wildman–Crippen LogP) is 3.36. The summed E-state index contributed by atoms with van der Waals surface area (Å²) in [5.74, 6) is -0.523. The maximum Gasteiger partial charge on any atom is 0.308 e. The van der Waals surface area contributed by atoms with Crippen LogP contribution in [0.3, 0.4) is 0 Å². The largest absolute Gasteiger partial charge is 0.460 e. The van der Waals surface area contributed by atoms with Gasteiger partial charge in [0.05, 0.1) is 6.42 Å². The van der Waals surface area contributed by atoms with E-state index in [2.05, 4.69) is 5.32 Å². The maximum absolute atomic E-state index is 12.7. The van der Waals surface area contributed by atoms with E-state index in [4.69, 9.17) is 4.74 Å². The normalized spacial score (nSPS) is 12.9. The summed E-state index contributed by atoms with van der Waals surface area (Å²) in [6.45, 7) is 7.39. The van der Waals surface area contributed by atoms with E-state index in [1.807, 2.05) is 27.7 Å². The third-order valence-electron chi connectivity index (χ3n) is 2.15. The Morgan fingerprint density at radius 2 is 1.89 bits per heavy atom.